The van der Waals surface area contributed by atoms with Gasteiger partial charge in [0.2, 0.25) is 0 Å². The van der Waals surface area contributed by atoms with Crippen LogP contribution in [0.3, 0.4) is 0 Å². The quantitative estimate of drug-likeness (QED) is 0.346. The molecule has 1 saturated heterocycles. The molecule has 0 spiro atoms. The SMILES string of the molecule is [C-]#[N+]c1ccc(-n2c(C)c(C(=O)CN3CCCCC3(C)C)c3ncc(Br)cc32)cc1. The van der Waals surface area contributed by atoms with Gasteiger partial charge in [0.1, 0.15) is 0 Å². The van der Waals surface area contributed by atoms with E-state index in [1.165, 1.54) is 6.42 Å². The number of hydrogen-bond donors (Lipinski definition) is 0. The van der Waals surface area contributed by atoms with E-state index in [1.54, 1.807) is 18.3 Å². The molecule has 0 radical (unpaired) electrons. The van der Waals surface area contributed by atoms with Crippen LogP contribution in [0.4, 0.5) is 5.69 Å². The van der Waals surface area contributed by atoms with E-state index in [0.29, 0.717) is 17.8 Å². The van der Waals surface area contributed by atoms with Gasteiger partial charge in [0.15, 0.2) is 11.5 Å². The molecule has 0 bridgehead atoms. The molecule has 2 aromatic heterocycles. The van der Waals surface area contributed by atoms with Crippen LogP contribution in [0.25, 0.3) is 21.6 Å². The summed E-state index contributed by atoms with van der Waals surface area (Å²) in [6.45, 7) is 15.0. The summed E-state index contributed by atoms with van der Waals surface area (Å²) >= 11 is 3.52. The van der Waals surface area contributed by atoms with E-state index in [2.05, 4.69) is 49.1 Å². The number of Topliss-reactive ketones (excluding diaryl/α,β-unsaturated/α-hetero) is 1. The minimum absolute atomic E-state index is 0.0340. The van der Waals surface area contributed by atoms with Crippen LogP contribution in [0, 0.1) is 13.5 Å². The molecule has 1 aliphatic rings. The van der Waals surface area contributed by atoms with Crippen molar-refractivity contribution in [2.75, 3.05) is 13.1 Å². The van der Waals surface area contributed by atoms with Gasteiger partial charge in [-0.3, -0.25) is 14.7 Å². The van der Waals surface area contributed by atoms with Crippen molar-refractivity contribution in [1.29, 1.82) is 0 Å². The first-order valence-corrected chi connectivity index (χ1v) is 11.0. The number of carbonyl (C=O) groups excluding carboxylic acids is 1. The number of pyridine rings is 1. The van der Waals surface area contributed by atoms with Crippen molar-refractivity contribution in [3.8, 4) is 5.69 Å². The lowest BCUT2D eigenvalue weighted by atomic mass is 9.90. The molecule has 4 rings (SSSR count). The summed E-state index contributed by atoms with van der Waals surface area (Å²) < 4.78 is 2.93. The maximum Gasteiger partial charge on any atom is 0.187 e. The Bertz CT molecular complexity index is 1150. The number of rotatable bonds is 4. The second kappa shape index (κ2) is 7.98. The van der Waals surface area contributed by atoms with Gasteiger partial charge < -0.3 is 4.57 Å². The summed E-state index contributed by atoms with van der Waals surface area (Å²) in [5.41, 5.74) is 4.73. The molecule has 0 amide bonds. The largest absolute Gasteiger partial charge is 0.312 e. The Labute approximate surface area is 185 Å². The van der Waals surface area contributed by atoms with Gasteiger partial charge in [-0.2, -0.15) is 0 Å². The number of ketones is 1. The van der Waals surface area contributed by atoms with Gasteiger partial charge in [-0.15, -0.1) is 0 Å². The van der Waals surface area contributed by atoms with Crippen LogP contribution in [0.2, 0.25) is 0 Å². The highest BCUT2D eigenvalue weighted by Crippen LogP contribution is 2.32. The first kappa shape index (κ1) is 20.8. The van der Waals surface area contributed by atoms with Gasteiger partial charge in [0.05, 0.1) is 29.7 Å². The Morgan fingerprint density at radius 2 is 2.00 bits per heavy atom. The van der Waals surface area contributed by atoms with Crippen LogP contribution in [0.5, 0.6) is 0 Å². The molecule has 3 aromatic rings. The van der Waals surface area contributed by atoms with Gasteiger partial charge in [-0.25, -0.2) is 4.85 Å². The predicted molar refractivity (Wildman–Crippen MR) is 124 cm³/mol. The van der Waals surface area contributed by atoms with Gasteiger partial charge >= 0.3 is 0 Å². The molecule has 6 heteroatoms. The van der Waals surface area contributed by atoms with E-state index >= 15 is 0 Å². The number of fused-ring (bicyclic) bond motifs is 1. The summed E-state index contributed by atoms with van der Waals surface area (Å²) in [6.07, 6.45) is 5.21. The number of piperidine rings is 1. The minimum Gasteiger partial charge on any atom is -0.312 e. The number of nitrogens with zero attached hydrogens (tertiary/aromatic N) is 4. The summed E-state index contributed by atoms with van der Waals surface area (Å²) in [6, 6.07) is 9.44. The molecule has 1 aliphatic heterocycles. The lowest BCUT2D eigenvalue weighted by Gasteiger charge is -2.42. The third-order valence-electron chi connectivity index (χ3n) is 6.18. The van der Waals surface area contributed by atoms with E-state index in [4.69, 9.17) is 6.57 Å². The van der Waals surface area contributed by atoms with Crippen LogP contribution >= 0.6 is 15.9 Å². The van der Waals surface area contributed by atoms with Crippen LogP contribution < -0.4 is 0 Å². The van der Waals surface area contributed by atoms with E-state index in [-0.39, 0.29) is 11.3 Å². The maximum absolute atomic E-state index is 13.5. The molecule has 0 aliphatic carbocycles. The third-order valence-corrected chi connectivity index (χ3v) is 6.62. The van der Waals surface area contributed by atoms with Gasteiger partial charge in [0, 0.05) is 27.6 Å². The molecule has 0 atom stereocenters. The van der Waals surface area contributed by atoms with E-state index in [9.17, 15) is 4.79 Å². The average molecular weight is 465 g/mol. The fraction of sp³-hybridized carbons (Fsp3) is 0.375. The van der Waals surface area contributed by atoms with E-state index in [0.717, 1.165) is 46.3 Å². The number of carbonyl (C=O) groups is 1. The number of halogens is 1. The zero-order valence-corrected chi connectivity index (χ0v) is 19.2. The Kier molecular flexibility index (Phi) is 5.52. The van der Waals surface area contributed by atoms with Crippen molar-refractivity contribution in [3.63, 3.8) is 0 Å². The Morgan fingerprint density at radius 1 is 1.27 bits per heavy atom. The molecule has 0 N–H and O–H groups in total. The fourth-order valence-electron chi connectivity index (χ4n) is 4.46. The minimum atomic E-state index is 0.0340. The lowest BCUT2D eigenvalue weighted by Crippen LogP contribution is -2.49. The molecule has 5 nitrogen and oxygen atoms in total. The third kappa shape index (κ3) is 3.68. The maximum atomic E-state index is 13.5. The molecule has 3 heterocycles. The average Bonchev–Trinajstić information content (AvgIpc) is 3.00. The zero-order valence-electron chi connectivity index (χ0n) is 17.6. The summed E-state index contributed by atoms with van der Waals surface area (Å²) in [4.78, 5) is 23.9. The van der Waals surface area contributed by atoms with Crippen LogP contribution in [-0.4, -0.2) is 38.9 Å². The monoisotopic (exact) mass is 464 g/mol. The van der Waals surface area contributed by atoms with Gasteiger partial charge in [-0.05, 0) is 74.3 Å². The standard InChI is InChI=1S/C24H25BrN4O/c1-16-22(21(30)15-28-12-6-5-11-24(28,2)3)23-20(13-17(25)14-27-23)29(16)19-9-7-18(26-4)8-10-19/h7-10,13-14H,5-6,11-12,15H2,1-3H3. The molecule has 1 fully saturated rings. The van der Waals surface area contributed by atoms with Crippen LogP contribution in [-0.2, 0) is 0 Å². The highest BCUT2D eigenvalue weighted by Gasteiger charge is 2.32. The lowest BCUT2D eigenvalue weighted by molar-refractivity contribution is 0.0622. The molecular weight excluding hydrogens is 440 g/mol. The molecule has 1 aromatic carbocycles. The zero-order chi connectivity index (χ0) is 21.5. The Balaban J connectivity index is 1.81. The fourth-order valence-corrected chi connectivity index (χ4v) is 4.78. The van der Waals surface area contributed by atoms with Crippen molar-refractivity contribution >= 4 is 38.4 Å². The highest BCUT2D eigenvalue weighted by molar-refractivity contribution is 9.10. The smallest absolute Gasteiger partial charge is 0.187 e. The molecule has 0 saturated carbocycles. The number of hydrogen-bond acceptors (Lipinski definition) is 3. The van der Waals surface area contributed by atoms with Gasteiger partial charge in [-0.1, -0.05) is 18.6 Å². The van der Waals surface area contributed by atoms with Crippen molar-refractivity contribution in [1.82, 2.24) is 14.5 Å². The number of aromatic nitrogens is 2. The van der Waals surface area contributed by atoms with E-state index in [1.807, 2.05) is 25.1 Å². The second-order valence-electron chi connectivity index (χ2n) is 8.56. The van der Waals surface area contributed by atoms with Crippen LogP contribution in [0.1, 0.15) is 49.2 Å². The normalized spacial score (nSPS) is 16.5. The van der Waals surface area contributed by atoms with Crippen molar-refractivity contribution in [2.45, 2.75) is 45.6 Å². The van der Waals surface area contributed by atoms with Gasteiger partial charge in [0.25, 0.3) is 0 Å². The summed E-state index contributed by atoms with van der Waals surface area (Å²) in [7, 11) is 0. The first-order chi connectivity index (χ1) is 14.3. The topological polar surface area (TPSA) is 42.5 Å². The highest BCUT2D eigenvalue weighted by atomic mass is 79.9. The summed E-state index contributed by atoms with van der Waals surface area (Å²) in [5, 5.41) is 0. The number of benzene rings is 1. The molecule has 30 heavy (non-hydrogen) atoms. The Morgan fingerprint density at radius 3 is 2.67 bits per heavy atom. The first-order valence-electron chi connectivity index (χ1n) is 10.2. The van der Waals surface area contributed by atoms with Crippen molar-refractivity contribution in [3.05, 3.63) is 63.7 Å². The Hall–Kier alpha value is -2.49. The second-order valence-corrected chi connectivity index (χ2v) is 9.48. The predicted octanol–water partition coefficient (Wildman–Crippen LogP) is 6.09. The number of likely N-dealkylation sites (tertiary alicyclic amines) is 1. The van der Waals surface area contributed by atoms with E-state index < -0.39 is 0 Å². The van der Waals surface area contributed by atoms with Crippen LogP contribution in [0.15, 0.2) is 41.0 Å². The van der Waals surface area contributed by atoms with Crippen molar-refractivity contribution in [2.24, 2.45) is 0 Å². The van der Waals surface area contributed by atoms with Crippen molar-refractivity contribution < 1.29 is 4.79 Å². The molecular formula is C24H25BrN4O. The summed E-state index contributed by atoms with van der Waals surface area (Å²) in [5.74, 6) is 0.110. The molecule has 154 valence electrons. The molecule has 0 unspecified atom stereocenters.